The van der Waals surface area contributed by atoms with E-state index in [1.165, 1.54) is 36.2 Å². The molecule has 0 heterocycles. The Morgan fingerprint density at radius 3 is 2.29 bits per heavy atom. The van der Waals surface area contributed by atoms with Crippen LogP contribution < -0.4 is 14.4 Å². The number of anilines is 1. The van der Waals surface area contributed by atoms with Gasteiger partial charge in [0.15, 0.2) is 0 Å². The number of amides is 2. The maximum absolute atomic E-state index is 13.9. The second-order valence-electron chi connectivity index (χ2n) is 8.31. The van der Waals surface area contributed by atoms with Crippen molar-refractivity contribution in [3.63, 3.8) is 0 Å². The molecule has 0 radical (unpaired) electrons. The summed E-state index contributed by atoms with van der Waals surface area (Å²) in [5, 5.41) is 3.39. The van der Waals surface area contributed by atoms with Crippen molar-refractivity contribution in [1.29, 1.82) is 0 Å². The first-order chi connectivity index (χ1) is 18.1. The molecule has 202 valence electrons. The van der Waals surface area contributed by atoms with E-state index in [0.717, 1.165) is 4.31 Å². The fourth-order valence-corrected chi connectivity index (χ4v) is 5.57. The lowest BCUT2D eigenvalue weighted by Gasteiger charge is -2.32. The number of likely N-dealkylation sites (N-methyl/N-ethyl adjacent to an activating group) is 1. The Morgan fingerprint density at radius 1 is 0.974 bits per heavy atom. The number of ether oxygens (including phenoxy) is 1. The third-order valence-electron chi connectivity index (χ3n) is 5.77. The number of carbonyl (C=O) groups is 2. The van der Waals surface area contributed by atoms with Gasteiger partial charge in [-0.05, 0) is 67.9 Å². The minimum Gasteiger partial charge on any atom is -0.492 e. The van der Waals surface area contributed by atoms with Gasteiger partial charge in [-0.25, -0.2) is 8.42 Å². The Balaban J connectivity index is 2.09. The van der Waals surface area contributed by atoms with E-state index in [0.29, 0.717) is 21.4 Å². The number of nitrogens with zero attached hydrogens (tertiary/aromatic N) is 2. The molecule has 3 aromatic carbocycles. The van der Waals surface area contributed by atoms with Crippen LogP contribution in [0.15, 0.2) is 77.7 Å². The monoisotopic (exact) mass is 577 g/mol. The summed E-state index contributed by atoms with van der Waals surface area (Å²) in [6.45, 7) is 3.09. The molecule has 0 aromatic heterocycles. The molecule has 0 bridgehead atoms. The molecule has 3 rings (SSSR count). The van der Waals surface area contributed by atoms with Crippen LogP contribution in [0.5, 0.6) is 5.75 Å². The molecule has 8 nitrogen and oxygen atoms in total. The summed E-state index contributed by atoms with van der Waals surface area (Å²) in [7, 11) is -2.78. The predicted molar refractivity (Wildman–Crippen MR) is 149 cm³/mol. The van der Waals surface area contributed by atoms with E-state index in [1.807, 2.05) is 0 Å². The van der Waals surface area contributed by atoms with E-state index in [-0.39, 0.29) is 23.7 Å². The van der Waals surface area contributed by atoms with Crippen LogP contribution in [0.4, 0.5) is 5.69 Å². The number of benzene rings is 3. The average Bonchev–Trinajstić information content (AvgIpc) is 2.90. The van der Waals surface area contributed by atoms with E-state index >= 15 is 0 Å². The van der Waals surface area contributed by atoms with E-state index in [4.69, 9.17) is 27.9 Å². The van der Waals surface area contributed by atoms with Crippen molar-refractivity contribution in [1.82, 2.24) is 10.2 Å². The zero-order valence-electron chi connectivity index (χ0n) is 21.2. The molecule has 1 unspecified atom stereocenters. The van der Waals surface area contributed by atoms with E-state index < -0.39 is 34.4 Å². The first kappa shape index (κ1) is 29.3. The fourth-order valence-electron chi connectivity index (χ4n) is 3.81. The van der Waals surface area contributed by atoms with E-state index in [2.05, 4.69) is 5.32 Å². The molecule has 0 fully saturated rings. The zero-order chi connectivity index (χ0) is 27.9. The van der Waals surface area contributed by atoms with Crippen molar-refractivity contribution in [3.8, 4) is 5.75 Å². The van der Waals surface area contributed by atoms with Gasteiger partial charge in [0.25, 0.3) is 10.0 Å². The van der Waals surface area contributed by atoms with Crippen LogP contribution in [0.3, 0.4) is 0 Å². The van der Waals surface area contributed by atoms with Crippen molar-refractivity contribution in [2.24, 2.45) is 0 Å². The minimum atomic E-state index is -4.25. The molecule has 2 amide bonds. The highest BCUT2D eigenvalue weighted by Gasteiger charge is 2.33. The fraction of sp³-hybridized carbons (Fsp3) is 0.259. The summed E-state index contributed by atoms with van der Waals surface area (Å²) in [5.74, 6) is -0.701. The largest absolute Gasteiger partial charge is 0.492 e. The molecule has 0 saturated carbocycles. The quantitative estimate of drug-likeness (QED) is 0.354. The van der Waals surface area contributed by atoms with Crippen LogP contribution in [0.1, 0.15) is 19.4 Å². The van der Waals surface area contributed by atoms with Crippen molar-refractivity contribution >= 4 is 50.7 Å². The summed E-state index contributed by atoms with van der Waals surface area (Å²) in [4.78, 5) is 27.7. The van der Waals surface area contributed by atoms with Gasteiger partial charge in [0.05, 0.1) is 17.2 Å². The highest BCUT2D eigenvalue weighted by molar-refractivity contribution is 7.92. The Morgan fingerprint density at radius 2 is 1.66 bits per heavy atom. The number of nitrogens with one attached hydrogen (secondary N) is 1. The van der Waals surface area contributed by atoms with Crippen molar-refractivity contribution < 1.29 is 22.7 Å². The summed E-state index contributed by atoms with van der Waals surface area (Å²) < 4.78 is 34.4. The number of sulfonamides is 1. The second-order valence-corrected chi connectivity index (χ2v) is 11.0. The highest BCUT2D eigenvalue weighted by atomic mass is 35.5. The van der Waals surface area contributed by atoms with Crippen LogP contribution in [-0.2, 0) is 26.2 Å². The molecule has 1 atom stereocenters. The van der Waals surface area contributed by atoms with Gasteiger partial charge in [0.2, 0.25) is 11.8 Å². The molecule has 0 aliphatic rings. The van der Waals surface area contributed by atoms with Gasteiger partial charge in [-0.2, -0.15) is 0 Å². The number of para-hydroxylation sites is 2. The molecule has 0 aliphatic heterocycles. The van der Waals surface area contributed by atoms with Crippen LogP contribution in [0, 0.1) is 0 Å². The Bertz CT molecular complexity index is 1380. The van der Waals surface area contributed by atoms with Gasteiger partial charge in [0, 0.05) is 23.6 Å². The standard InChI is InChI=1S/C27H29Cl2N3O5S/c1-4-37-25-11-6-5-10-24(25)32(38(35,36)23-14-12-21(28)13-15-23)18-26(33)31(19(2)27(34)30-3)17-20-8-7-9-22(29)16-20/h5-16,19H,4,17-18H2,1-3H3,(H,30,34). The summed E-state index contributed by atoms with van der Waals surface area (Å²) in [6, 6.07) is 18.2. The van der Waals surface area contributed by atoms with Crippen LogP contribution in [0.2, 0.25) is 10.0 Å². The molecule has 11 heteroatoms. The van der Waals surface area contributed by atoms with Crippen LogP contribution in [-0.4, -0.2) is 51.4 Å². The van der Waals surface area contributed by atoms with E-state index in [9.17, 15) is 18.0 Å². The second kappa shape index (κ2) is 13.0. The van der Waals surface area contributed by atoms with E-state index in [1.54, 1.807) is 62.4 Å². The normalized spacial score (nSPS) is 11.9. The maximum atomic E-state index is 13.9. The molecule has 0 spiro atoms. The van der Waals surface area contributed by atoms with Gasteiger partial charge in [-0.3, -0.25) is 13.9 Å². The van der Waals surface area contributed by atoms with Crippen molar-refractivity contribution in [2.45, 2.75) is 31.3 Å². The lowest BCUT2D eigenvalue weighted by molar-refractivity contribution is -0.139. The Labute approximate surface area is 233 Å². The lowest BCUT2D eigenvalue weighted by Crippen LogP contribution is -2.50. The molecule has 0 aliphatic carbocycles. The minimum absolute atomic E-state index is 0.0376. The molecule has 0 saturated heterocycles. The van der Waals surface area contributed by atoms with Crippen molar-refractivity contribution in [2.75, 3.05) is 24.5 Å². The molecular weight excluding hydrogens is 549 g/mol. The van der Waals surface area contributed by atoms with Gasteiger partial charge in [-0.1, -0.05) is 47.5 Å². The topological polar surface area (TPSA) is 96.0 Å². The first-order valence-electron chi connectivity index (χ1n) is 11.8. The molecule has 38 heavy (non-hydrogen) atoms. The average molecular weight is 579 g/mol. The first-order valence-corrected chi connectivity index (χ1v) is 14.0. The highest BCUT2D eigenvalue weighted by Crippen LogP contribution is 2.33. The smallest absolute Gasteiger partial charge is 0.264 e. The lowest BCUT2D eigenvalue weighted by atomic mass is 10.1. The Kier molecular flexibility index (Phi) is 10.0. The molecule has 3 aromatic rings. The van der Waals surface area contributed by atoms with Crippen LogP contribution in [0.25, 0.3) is 0 Å². The summed E-state index contributed by atoms with van der Waals surface area (Å²) in [6.07, 6.45) is 0. The van der Waals surface area contributed by atoms with Gasteiger partial charge in [-0.15, -0.1) is 0 Å². The SMILES string of the molecule is CCOc1ccccc1N(CC(=O)N(Cc1cccc(Cl)c1)C(C)C(=O)NC)S(=O)(=O)c1ccc(Cl)cc1. The van der Waals surface area contributed by atoms with Gasteiger partial charge in [0.1, 0.15) is 18.3 Å². The number of hydrogen-bond acceptors (Lipinski definition) is 5. The Hall–Kier alpha value is -3.27. The number of carbonyl (C=O) groups excluding carboxylic acids is 2. The number of halogens is 2. The molecule has 1 N–H and O–H groups in total. The van der Waals surface area contributed by atoms with Gasteiger partial charge < -0.3 is 15.0 Å². The van der Waals surface area contributed by atoms with Crippen LogP contribution >= 0.6 is 23.2 Å². The maximum Gasteiger partial charge on any atom is 0.264 e. The summed E-state index contributed by atoms with van der Waals surface area (Å²) in [5.41, 5.74) is 0.872. The molecular formula is C27H29Cl2N3O5S. The third-order valence-corrected chi connectivity index (χ3v) is 8.03. The van der Waals surface area contributed by atoms with Crippen molar-refractivity contribution in [3.05, 3.63) is 88.4 Å². The zero-order valence-corrected chi connectivity index (χ0v) is 23.6. The summed E-state index contributed by atoms with van der Waals surface area (Å²) >= 11 is 12.1. The predicted octanol–water partition coefficient (Wildman–Crippen LogP) is 4.75. The third kappa shape index (κ3) is 6.98. The number of rotatable bonds is 11. The van der Waals surface area contributed by atoms with Gasteiger partial charge >= 0.3 is 0 Å². The number of hydrogen-bond donors (Lipinski definition) is 1.